The molecular weight excluding hydrogens is 340 g/mol. The first-order chi connectivity index (χ1) is 12.8. The second-order valence-corrected chi connectivity index (χ2v) is 5.15. The van der Waals surface area contributed by atoms with Crippen LogP contribution in [0.25, 0.3) is 4.85 Å². The van der Waals surface area contributed by atoms with Gasteiger partial charge in [0.05, 0.1) is 58.7 Å². The summed E-state index contributed by atoms with van der Waals surface area (Å²) in [5.41, 5.74) is 0. The van der Waals surface area contributed by atoms with Crippen LogP contribution in [0.4, 0.5) is 0 Å². The Morgan fingerprint density at radius 1 is 0.808 bits per heavy atom. The summed E-state index contributed by atoms with van der Waals surface area (Å²) in [4.78, 5) is 3.29. The van der Waals surface area contributed by atoms with Gasteiger partial charge in [-0.15, -0.1) is 0 Å². The van der Waals surface area contributed by atoms with E-state index in [0.717, 1.165) is 0 Å². The minimum atomic E-state index is -0.386. The van der Waals surface area contributed by atoms with Gasteiger partial charge in [-0.25, -0.2) is 6.57 Å². The average molecular weight is 372 g/mol. The summed E-state index contributed by atoms with van der Waals surface area (Å²) in [6.45, 7) is 15.4. The molecule has 0 spiro atoms. The second-order valence-electron chi connectivity index (χ2n) is 5.15. The van der Waals surface area contributed by atoms with Gasteiger partial charge in [0.2, 0.25) is 6.54 Å². The van der Waals surface area contributed by atoms with Crippen molar-refractivity contribution in [2.45, 2.75) is 32.5 Å². The summed E-state index contributed by atoms with van der Waals surface area (Å²) < 4.78 is 33.2. The van der Waals surface area contributed by atoms with E-state index in [-0.39, 0.29) is 31.8 Å². The molecule has 0 aliphatic carbocycles. The van der Waals surface area contributed by atoms with E-state index in [9.17, 15) is 0 Å². The third-order valence-corrected chi connectivity index (χ3v) is 3.21. The highest BCUT2D eigenvalue weighted by atomic mass is 16.6. The topological polar surface area (TPSA) is 83.5 Å². The summed E-state index contributed by atoms with van der Waals surface area (Å²) in [5, 5.41) is 8.71. The SMILES string of the molecule is [C-]#[N+]CCOC(COCCOCC)C(COCCOCC)OCCC#N. The number of nitriles is 1. The van der Waals surface area contributed by atoms with Crippen molar-refractivity contribution in [3.8, 4) is 6.07 Å². The molecule has 26 heavy (non-hydrogen) atoms. The molecule has 0 fully saturated rings. The molecule has 0 N–H and O–H groups in total. The van der Waals surface area contributed by atoms with E-state index in [1.807, 2.05) is 13.8 Å². The Bertz CT molecular complexity index is 347. The lowest BCUT2D eigenvalue weighted by molar-refractivity contribution is -0.129. The molecule has 0 radical (unpaired) electrons. The van der Waals surface area contributed by atoms with Crippen molar-refractivity contribution in [2.75, 3.05) is 72.6 Å². The lowest BCUT2D eigenvalue weighted by atomic mass is 10.2. The zero-order chi connectivity index (χ0) is 19.3. The molecule has 2 unspecified atom stereocenters. The van der Waals surface area contributed by atoms with Gasteiger partial charge in [-0.3, -0.25) is 0 Å². The molecule has 8 heteroatoms. The molecular formula is C18H32N2O6. The Hall–Kier alpha value is -1.26. The molecule has 0 aliphatic rings. The number of rotatable bonds is 19. The quantitative estimate of drug-likeness (QED) is 0.252. The van der Waals surface area contributed by atoms with E-state index in [1.54, 1.807) is 0 Å². The predicted molar refractivity (Wildman–Crippen MR) is 95.8 cm³/mol. The van der Waals surface area contributed by atoms with Gasteiger partial charge in [0.15, 0.2) is 0 Å². The van der Waals surface area contributed by atoms with Gasteiger partial charge < -0.3 is 33.3 Å². The minimum Gasteiger partial charge on any atom is -0.379 e. The smallest absolute Gasteiger partial charge is 0.237 e. The van der Waals surface area contributed by atoms with Gasteiger partial charge in [-0.1, -0.05) is 0 Å². The van der Waals surface area contributed by atoms with Crippen LogP contribution in [0.1, 0.15) is 20.3 Å². The highest BCUT2D eigenvalue weighted by Crippen LogP contribution is 2.08. The van der Waals surface area contributed by atoms with E-state index in [1.165, 1.54) is 0 Å². The second kappa shape index (κ2) is 20.1. The predicted octanol–water partition coefficient (Wildman–Crippen LogP) is 1.70. The molecule has 0 saturated carbocycles. The van der Waals surface area contributed by atoms with Crippen molar-refractivity contribution < 1.29 is 28.4 Å². The van der Waals surface area contributed by atoms with Crippen LogP contribution in [0.3, 0.4) is 0 Å². The van der Waals surface area contributed by atoms with E-state index >= 15 is 0 Å². The average Bonchev–Trinajstić information content (AvgIpc) is 2.65. The molecule has 0 aromatic carbocycles. The largest absolute Gasteiger partial charge is 0.379 e. The van der Waals surface area contributed by atoms with Crippen LogP contribution < -0.4 is 0 Å². The van der Waals surface area contributed by atoms with Crippen molar-refractivity contribution in [3.05, 3.63) is 11.4 Å². The van der Waals surface area contributed by atoms with E-state index in [4.69, 9.17) is 40.3 Å². The van der Waals surface area contributed by atoms with Crippen LogP contribution in [-0.2, 0) is 28.4 Å². The van der Waals surface area contributed by atoms with Crippen molar-refractivity contribution in [2.24, 2.45) is 0 Å². The molecule has 0 aromatic heterocycles. The fraction of sp³-hybridized carbons (Fsp3) is 0.889. The summed E-state index contributed by atoms with van der Waals surface area (Å²) in [7, 11) is 0. The molecule has 0 heterocycles. The molecule has 0 amide bonds. The lowest BCUT2D eigenvalue weighted by Crippen LogP contribution is -2.40. The molecule has 2 atom stereocenters. The van der Waals surface area contributed by atoms with Crippen molar-refractivity contribution in [3.63, 3.8) is 0 Å². The lowest BCUT2D eigenvalue weighted by Gasteiger charge is -2.26. The Morgan fingerprint density at radius 2 is 1.31 bits per heavy atom. The third-order valence-electron chi connectivity index (χ3n) is 3.21. The van der Waals surface area contributed by atoms with E-state index in [0.29, 0.717) is 59.5 Å². The summed E-state index contributed by atoms with van der Waals surface area (Å²) in [6.07, 6.45) is -0.484. The van der Waals surface area contributed by atoms with Crippen LogP contribution >= 0.6 is 0 Å². The van der Waals surface area contributed by atoms with Crippen LogP contribution in [0.2, 0.25) is 0 Å². The molecule has 150 valence electrons. The highest BCUT2D eigenvalue weighted by molar-refractivity contribution is 4.74. The molecule has 8 nitrogen and oxygen atoms in total. The first kappa shape index (κ1) is 24.7. The van der Waals surface area contributed by atoms with Crippen molar-refractivity contribution in [1.82, 2.24) is 0 Å². The molecule has 0 saturated heterocycles. The van der Waals surface area contributed by atoms with Gasteiger partial charge >= 0.3 is 0 Å². The maximum Gasteiger partial charge on any atom is 0.237 e. The third kappa shape index (κ3) is 15.0. The minimum absolute atomic E-state index is 0.269. The summed E-state index contributed by atoms with van der Waals surface area (Å²) >= 11 is 0. The first-order valence-electron chi connectivity index (χ1n) is 9.04. The van der Waals surface area contributed by atoms with Gasteiger partial charge in [-0.05, 0) is 13.8 Å². The monoisotopic (exact) mass is 372 g/mol. The van der Waals surface area contributed by atoms with Gasteiger partial charge in [0, 0.05) is 13.2 Å². The molecule has 0 rings (SSSR count). The maximum absolute atomic E-state index is 8.71. The maximum atomic E-state index is 8.71. The van der Waals surface area contributed by atoms with Gasteiger partial charge in [0.25, 0.3) is 0 Å². The standard InChI is InChI=1S/C18H32N2O6/c1-4-21-11-13-23-15-17(25-9-6-7-19)18(26-10-8-20-3)16-24-14-12-22-5-2/h17-18H,4-6,8-16H2,1-2H3. The highest BCUT2D eigenvalue weighted by Gasteiger charge is 2.24. The summed E-state index contributed by atoms with van der Waals surface area (Å²) in [5.74, 6) is 0. The van der Waals surface area contributed by atoms with Gasteiger partial charge in [-0.2, -0.15) is 5.26 Å². The van der Waals surface area contributed by atoms with E-state index < -0.39 is 0 Å². The Labute approximate surface area is 157 Å². The van der Waals surface area contributed by atoms with E-state index in [2.05, 4.69) is 10.9 Å². The summed E-state index contributed by atoms with van der Waals surface area (Å²) in [6, 6.07) is 2.05. The fourth-order valence-corrected chi connectivity index (χ4v) is 1.95. The van der Waals surface area contributed by atoms with Crippen molar-refractivity contribution in [1.29, 1.82) is 5.26 Å². The van der Waals surface area contributed by atoms with Gasteiger partial charge in [0.1, 0.15) is 18.8 Å². The fourth-order valence-electron chi connectivity index (χ4n) is 1.95. The molecule has 0 bridgehead atoms. The Morgan fingerprint density at radius 3 is 1.77 bits per heavy atom. The van der Waals surface area contributed by atoms with Crippen LogP contribution in [-0.4, -0.2) is 84.8 Å². The first-order valence-corrected chi connectivity index (χ1v) is 9.04. The number of nitrogens with zero attached hydrogens (tertiary/aromatic N) is 2. The van der Waals surface area contributed by atoms with Crippen LogP contribution in [0.5, 0.6) is 0 Å². The normalized spacial score (nSPS) is 13.1. The zero-order valence-corrected chi connectivity index (χ0v) is 16.0. The molecule has 0 aromatic rings. The Balaban J connectivity index is 4.51. The Kier molecular flexibility index (Phi) is 19.1. The van der Waals surface area contributed by atoms with Crippen LogP contribution in [0, 0.1) is 17.9 Å². The zero-order valence-electron chi connectivity index (χ0n) is 16.0. The molecule has 0 aliphatic heterocycles. The number of hydrogen-bond acceptors (Lipinski definition) is 7. The van der Waals surface area contributed by atoms with Crippen molar-refractivity contribution >= 4 is 0 Å². The number of hydrogen-bond donors (Lipinski definition) is 0. The number of ether oxygens (including phenoxy) is 6. The van der Waals surface area contributed by atoms with Crippen LogP contribution in [0.15, 0.2) is 0 Å².